The molecule has 0 saturated heterocycles. The third-order valence-corrected chi connectivity index (χ3v) is 1.32. The van der Waals surface area contributed by atoms with Crippen molar-refractivity contribution < 1.29 is 5.11 Å². The molecule has 0 aliphatic rings. The lowest BCUT2D eigenvalue weighted by atomic mass is 10.3. The van der Waals surface area contributed by atoms with Crippen LogP contribution in [0.2, 0.25) is 0 Å². The summed E-state index contributed by atoms with van der Waals surface area (Å²) in [7, 11) is 0. The van der Waals surface area contributed by atoms with Crippen LogP contribution in [0, 0.1) is 0 Å². The number of aliphatic hydroxyl groups excluding tert-OH is 1. The fourth-order valence-corrected chi connectivity index (χ4v) is 0.702. The summed E-state index contributed by atoms with van der Waals surface area (Å²) in [6.45, 7) is 0. The van der Waals surface area contributed by atoms with Crippen LogP contribution in [0.3, 0.4) is 0 Å². The van der Waals surface area contributed by atoms with E-state index in [4.69, 9.17) is 16.7 Å². The molecule has 1 unspecified atom stereocenters. The van der Waals surface area contributed by atoms with Crippen molar-refractivity contribution in [3.63, 3.8) is 0 Å². The molecule has 4 heteroatoms. The minimum atomic E-state index is -0.617. The number of halogens is 1. The molecule has 1 aromatic heterocycles. The number of hydrogen-bond acceptors (Lipinski definition) is 2. The Morgan fingerprint density at radius 3 is 3.11 bits per heavy atom. The van der Waals surface area contributed by atoms with E-state index >= 15 is 0 Å². The fraction of sp³-hybridized carbons (Fsp3) is 0.400. The Morgan fingerprint density at radius 1 is 1.89 bits per heavy atom. The first-order valence-electron chi connectivity index (χ1n) is 2.58. The molecule has 0 aliphatic heterocycles. The number of rotatable bonds is 2. The standard InChI is InChI=1S/C5H7ClN2O/c6-3-5(9)4-1-2-7-8-4/h1-2,5,9H,3H2,(H,7,8). The van der Waals surface area contributed by atoms with Crippen LogP contribution in [-0.2, 0) is 0 Å². The monoisotopic (exact) mass is 146 g/mol. The molecular weight excluding hydrogens is 140 g/mol. The number of alkyl halides is 1. The van der Waals surface area contributed by atoms with Crippen LogP contribution >= 0.6 is 11.6 Å². The van der Waals surface area contributed by atoms with Gasteiger partial charge in [-0.25, -0.2) is 0 Å². The average Bonchev–Trinajstić information content (AvgIpc) is 2.37. The molecule has 50 valence electrons. The molecule has 0 amide bonds. The highest BCUT2D eigenvalue weighted by molar-refractivity contribution is 6.18. The maximum absolute atomic E-state index is 9.01. The zero-order chi connectivity index (χ0) is 6.69. The molecule has 0 spiro atoms. The highest BCUT2D eigenvalue weighted by atomic mass is 35.5. The van der Waals surface area contributed by atoms with Gasteiger partial charge in [-0.15, -0.1) is 11.6 Å². The van der Waals surface area contributed by atoms with Gasteiger partial charge < -0.3 is 5.11 Å². The summed E-state index contributed by atoms with van der Waals surface area (Å²) >= 11 is 5.35. The fourth-order valence-electron chi connectivity index (χ4n) is 0.535. The molecule has 1 heterocycles. The van der Waals surface area contributed by atoms with Gasteiger partial charge >= 0.3 is 0 Å². The Balaban J connectivity index is 2.65. The largest absolute Gasteiger partial charge is 0.386 e. The van der Waals surface area contributed by atoms with E-state index < -0.39 is 6.10 Å². The summed E-state index contributed by atoms with van der Waals surface area (Å²) in [5, 5.41) is 15.3. The molecule has 1 aromatic rings. The molecular formula is C5H7ClN2O. The smallest absolute Gasteiger partial charge is 0.109 e. The van der Waals surface area contributed by atoms with Gasteiger partial charge in [-0.05, 0) is 6.07 Å². The number of aromatic amines is 1. The van der Waals surface area contributed by atoms with E-state index in [0.717, 1.165) is 0 Å². The van der Waals surface area contributed by atoms with E-state index in [1.165, 1.54) is 0 Å². The van der Waals surface area contributed by atoms with Gasteiger partial charge in [-0.2, -0.15) is 5.10 Å². The zero-order valence-electron chi connectivity index (χ0n) is 4.71. The van der Waals surface area contributed by atoms with Crippen molar-refractivity contribution in [2.75, 3.05) is 5.88 Å². The number of H-pyrrole nitrogens is 1. The maximum atomic E-state index is 9.01. The SMILES string of the molecule is OC(CCl)c1ccn[nH]1. The summed E-state index contributed by atoms with van der Waals surface area (Å²) in [6, 6.07) is 1.69. The van der Waals surface area contributed by atoms with Gasteiger partial charge in [-0.3, -0.25) is 5.10 Å². The lowest BCUT2D eigenvalue weighted by Crippen LogP contribution is -1.98. The van der Waals surface area contributed by atoms with Gasteiger partial charge in [0.15, 0.2) is 0 Å². The lowest BCUT2D eigenvalue weighted by Gasteiger charge is -1.99. The predicted octanol–water partition coefficient (Wildman–Crippen LogP) is 0.682. The number of nitrogens with zero attached hydrogens (tertiary/aromatic N) is 1. The molecule has 2 N–H and O–H groups in total. The van der Waals surface area contributed by atoms with Crippen LogP contribution < -0.4 is 0 Å². The van der Waals surface area contributed by atoms with Gasteiger partial charge in [0.2, 0.25) is 0 Å². The Kier molecular flexibility index (Phi) is 2.08. The summed E-state index contributed by atoms with van der Waals surface area (Å²) < 4.78 is 0. The molecule has 0 aliphatic carbocycles. The normalized spacial score (nSPS) is 13.6. The van der Waals surface area contributed by atoms with Crippen LogP contribution in [0.5, 0.6) is 0 Å². The highest BCUT2D eigenvalue weighted by Crippen LogP contribution is 2.08. The van der Waals surface area contributed by atoms with Crippen molar-refractivity contribution in [2.45, 2.75) is 6.10 Å². The topological polar surface area (TPSA) is 48.9 Å². The first-order valence-corrected chi connectivity index (χ1v) is 3.11. The van der Waals surface area contributed by atoms with Gasteiger partial charge in [0.25, 0.3) is 0 Å². The molecule has 0 bridgehead atoms. The Morgan fingerprint density at radius 2 is 2.67 bits per heavy atom. The second kappa shape index (κ2) is 2.85. The number of aromatic nitrogens is 2. The highest BCUT2D eigenvalue weighted by Gasteiger charge is 2.04. The van der Waals surface area contributed by atoms with Gasteiger partial charge in [0.1, 0.15) is 6.10 Å². The van der Waals surface area contributed by atoms with E-state index in [-0.39, 0.29) is 5.88 Å². The van der Waals surface area contributed by atoms with Crippen LogP contribution in [0.15, 0.2) is 12.3 Å². The number of nitrogens with one attached hydrogen (secondary N) is 1. The van der Waals surface area contributed by atoms with Crippen molar-refractivity contribution >= 4 is 11.6 Å². The maximum Gasteiger partial charge on any atom is 0.109 e. The zero-order valence-corrected chi connectivity index (χ0v) is 5.47. The Labute approximate surface area is 57.7 Å². The molecule has 0 saturated carbocycles. The van der Waals surface area contributed by atoms with E-state index in [9.17, 15) is 0 Å². The quantitative estimate of drug-likeness (QED) is 0.603. The van der Waals surface area contributed by atoms with Crippen molar-refractivity contribution in [1.29, 1.82) is 0 Å². The lowest BCUT2D eigenvalue weighted by molar-refractivity contribution is 0.197. The molecule has 0 fully saturated rings. The molecule has 0 aromatic carbocycles. The Bertz CT molecular complexity index is 163. The second-order valence-electron chi connectivity index (χ2n) is 1.68. The second-order valence-corrected chi connectivity index (χ2v) is 1.99. The molecule has 9 heavy (non-hydrogen) atoms. The van der Waals surface area contributed by atoms with Crippen molar-refractivity contribution in [1.82, 2.24) is 10.2 Å². The Hall–Kier alpha value is -0.540. The number of aliphatic hydroxyl groups is 1. The van der Waals surface area contributed by atoms with E-state index in [0.29, 0.717) is 5.69 Å². The first kappa shape index (κ1) is 6.58. The molecule has 1 rings (SSSR count). The van der Waals surface area contributed by atoms with Crippen molar-refractivity contribution in [2.24, 2.45) is 0 Å². The van der Waals surface area contributed by atoms with Crippen molar-refractivity contribution in [3.05, 3.63) is 18.0 Å². The minimum absolute atomic E-state index is 0.197. The van der Waals surface area contributed by atoms with Gasteiger partial charge in [0.05, 0.1) is 11.6 Å². The van der Waals surface area contributed by atoms with Gasteiger partial charge in [-0.1, -0.05) is 0 Å². The van der Waals surface area contributed by atoms with Crippen LogP contribution in [0.1, 0.15) is 11.8 Å². The molecule has 0 radical (unpaired) electrons. The first-order chi connectivity index (χ1) is 4.34. The molecule has 3 nitrogen and oxygen atoms in total. The van der Waals surface area contributed by atoms with Crippen LogP contribution in [0.25, 0.3) is 0 Å². The van der Waals surface area contributed by atoms with Crippen LogP contribution in [0.4, 0.5) is 0 Å². The van der Waals surface area contributed by atoms with Crippen molar-refractivity contribution in [3.8, 4) is 0 Å². The average molecular weight is 147 g/mol. The third kappa shape index (κ3) is 1.43. The van der Waals surface area contributed by atoms with E-state index in [1.807, 2.05) is 0 Å². The summed E-state index contributed by atoms with van der Waals surface area (Å²) in [4.78, 5) is 0. The predicted molar refractivity (Wildman–Crippen MR) is 34.3 cm³/mol. The van der Waals surface area contributed by atoms with Crippen LogP contribution in [-0.4, -0.2) is 21.2 Å². The van der Waals surface area contributed by atoms with E-state index in [1.54, 1.807) is 12.3 Å². The summed E-state index contributed by atoms with van der Waals surface area (Å²) in [5.41, 5.74) is 0.657. The minimum Gasteiger partial charge on any atom is -0.386 e. The third-order valence-electron chi connectivity index (χ3n) is 1.03. The van der Waals surface area contributed by atoms with E-state index in [2.05, 4.69) is 10.2 Å². The van der Waals surface area contributed by atoms with Gasteiger partial charge in [0, 0.05) is 6.20 Å². The summed E-state index contributed by atoms with van der Waals surface area (Å²) in [6.07, 6.45) is 0.958. The summed E-state index contributed by atoms with van der Waals surface area (Å²) in [5.74, 6) is 0.197. The number of hydrogen-bond donors (Lipinski definition) is 2. The molecule has 1 atom stereocenters.